The predicted molar refractivity (Wildman–Crippen MR) is 64.4 cm³/mol. The molecule has 0 aromatic heterocycles. The minimum atomic E-state index is 0.0126. The fraction of sp³-hybridized carbons (Fsp3) is 0.417. The normalized spacial score (nSPS) is 10.1. The number of carbonyl (C=O) groups is 1. The van der Waals surface area contributed by atoms with E-state index in [2.05, 4.69) is 18.7 Å². The maximum atomic E-state index is 11.2. The lowest BCUT2D eigenvalue weighted by Crippen LogP contribution is -2.22. The molecule has 0 unspecified atom stereocenters. The van der Waals surface area contributed by atoms with Crippen molar-refractivity contribution in [2.75, 3.05) is 23.7 Å². The molecule has 1 aromatic rings. The van der Waals surface area contributed by atoms with Gasteiger partial charge in [-0.3, -0.25) is 4.79 Å². The summed E-state index contributed by atoms with van der Waals surface area (Å²) in [6.07, 6.45) is 0. The van der Waals surface area contributed by atoms with Crippen LogP contribution in [0.4, 0.5) is 11.4 Å². The number of nitrogens with zero attached hydrogens (tertiary/aromatic N) is 1. The van der Waals surface area contributed by atoms with Crippen LogP contribution in [0.1, 0.15) is 31.1 Å². The average molecular weight is 206 g/mol. The average Bonchev–Trinajstić information content (AvgIpc) is 2.19. The number of hydrogen-bond donors (Lipinski definition) is 1. The largest absolute Gasteiger partial charge is 0.398 e. The van der Waals surface area contributed by atoms with E-state index in [1.54, 1.807) is 6.07 Å². The van der Waals surface area contributed by atoms with Crippen molar-refractivity contribution >= 4 is 17.2 Å². The molecule has 15 heavy (non-hydrogen) atoms. The smallest absolute Gasteiger partial charge is 0.161 e. The minimum absolute atomic E-state index is 0.0126. The third-order valence-electron chi connectivity index (χ3n) is 2.54. The lowest BCUT2D eigenvalue weighted by Gasteiger charge is -2.21. The molecule has 0 atom stereocenters. The summed E-state index contributed by atoms with van der Waals surface area (Å²) in [4.78, 5) is 13.4. The zero-order valence-electron chi connectivity index (χ0n) is 9.58. The van der Waals surface area contributed by atoms with Gasteiger partial charge in [0.05, 0.1) is 0 Å². The summed E-state index contributed by atoms with van der Waals surface area (Å²) in [5.41, 5.74) is 8.06. The second-order valence-corrected chi connectivity index (χ2v) is 3.50. The number of rotatable bonds is 4. The summed E-state index contributed by atoms with van der Waals surface area (Å²) in [6.45, 7) is 7.60. The summed E-state index contributed by atoms with van der Waals surface area (Å²) in [5, 5.41) is 0. The third kappa shape index (κ3) is 2.49. The number of Topliss-reactive ketones (excluding diaryl/α,β-unsaturated/α-hetero) is 1. The topological polar surface area (TPSA) is 46.3 Å². The number of ketones is 1. The first kappa shape index (κ1) is 11.6. The molecule has 0 radical (unpaired) electrons. The monoisotopic (exact) mass is 206 g/mol. The summed E-state index contributed by atoms with van der Waals surface area (Å²) in [6, 6.07) is 5.61. The molecular weight excluding hydrogens is 188 g/mol. The van der Waals surface area contributed by atoms with E-state index in [0.717, 1.165) is 18.8 Å². The molecule has 0 aliphatic rings. The first-order valence-electron chi connectivity index (χ1n) is 5.25. The van der Waals surface area contributed by atoms with Crippen LogP contribution in [0.2, 0.25) is 0 Å². The summed E-state index contributed by atoms with van der Waals surface area (Å²) in [7, 11) is 0. The van der Waals surface area contributed by atoms with Gasteiger partial charge in [0.25, 0.3) is 0 Å². The molecule has 3 heteroatoms. The van der Waals surface area contributed by atoms with Gasteiger partial charge >= 0.3 is 0 Å². The van der Waals surface area contributed by atoms with Gasteiger partial charge in [-0.05, 0) is 39.0 Å². The van der Waals surface area contributed by atoms with Gasteiger partial charge in [0.15, 0.2) is 5.78 Å². The van der Waals surface area contributed by atoms with E-state index >= 15 is 0 Å². The molecule has 0 saturated carbocycles. The lowest BCUT2D eigenvalue weighted by atomic mass is 10.1. The first-order valence-corrected chi connectivity index (χ1v) is 5.25. The number of anilines is 2. The molecule has 0 aliphatic carbocycles. The van der Waals surface area contributed by atoms with Crippen molar-refractivity contribution in [1.82, 2.24) is 0 Å². The second-order valence-electron chi connectivity index (χ2n) is 3.50. The molecule has 0 amide bonds. The SMILES string of the molecule is CCN(CC)c1ccc(C(C)=O)c(N)c1. The maximum absolute atomic E-state index is 11.2. The molecular formula is C12H18N2O. The standard InChI is InChI=1S/C12H18N2O/c1-4-14(5-2)10-6-7-11(9(3)15)12(13)8-10/h6-8H,4-5,13H2,1-3H3. The van der Waals surface area contributed by atoms with Crippen LogP contribution in [0, 0.1) is 0 Å². The molecule has 0 heterocycles. The maximum Gasteiger partial charge on any atom is 0.161 e. The van der Waals surface area contributed by atoms with Gasteiger partial charge in [-0.25, -0.2) is 0 Å². The van der Waals surface area contributed by atoms with Crippen molar-refractivity contribution in [3.8, 4) is 0 Å². The van der Waals surface area contributed by atoms with E-state index in [1.807, 2.05) is 12.1 Å². The number of benzene rings is 1. The van der Waals surface area contributed by atoms with E-state index < -0.39 is 0 Å². The van der Waals surface area contributed by atoms with Gasteiger partial charge in [0.2, 0.25) is 0 Å². The van der Waals surface area contributed by atoms with Gasteiger partial charge < -0.3 is 10.6 Å². The van der Waals surface area contributed by atoms with Crippen LogP contribution in [-0.4, -0.2) is 18.9 Å². The molecule has 0 bridgehead atoms. The molecule has 0 fully saturated rings. The van der Waals surface area contributed by atoms with Crippen molar-refractivity contribution in [1.29, 1.82) is 0 Å². The van der Waals surface area contributed by atoms with Crippen molar-refractivity contribution < 1.29 is 4.79 Å². The number of nitrogen functional groups attached to an aromatic ring is 1. The van der Waals surface area contributed by atoms with E-state index in [0.29, 0.717) is 11.3 Å². The van der Waals surface area contributed by atoms with Gasteiger partial charge in [0, 0.05) is 30.0 Å². The summed E-state index contributed by atoms with van der Waals surface area (Å²) < 4.78 is 0. The number of nitrogens with two attached hydrogens (primary N) is 1. The Morgan fingerprint density at radius 3 is 2.33 bits per heavy atom. The summed E-state index contributed by atoms with van der Waals surface area (Å²) in [5.74, 6) is 0.0126. The Kier molecular flexibility index (Phi) is 3.72. The zero-order chi connectivity index (χ0) is 11.4. The Morgan fingerprint density at radius 2 is 1.93 bits per heavy atom. The fourth-order valence-corrected chi connectivity index (χ4v) is 1.66. The predicted octanol–water partition coefficient (Wildman–Crippen LogP) is 2.32. The van der Waals surface area contributed by atoms with Gasteiger partial charge in [-0.15, -0.1) is 0 Å². The zero-order valence-corrected chi connectivity index (χ0v) is 9.58. The van der Waals surface area contributed by atoms with Crippen LogP contribution in [0.25, 0.3) is 0 Å². The Balaban J connectivity index is 3.05. The molecule has 3 nitrogen and oxygen atoms in total. The van der Waals surface area contributed by atoms with Crippen molar-refractivity contribution in [3.05, 3.63) is 23.8 Å². The highest BCUT2D eigenvalue weighted by atomic mass is 16.1. The third-order valence-corrected chi connectivity index (χ3v) is 2.54. The van der Waals surface area contributed by atoms with Crippen LogP contribution >= 0.6 is 0 Å². The van der Waals surface area contributed by atoms with Gasteiger partial charge in [-0.1, -0.05) is 0 Å². The molecule has 1 aromatic carbocycles. The molecule has 82 valence electrons. The molecule has 0 saturated heterocycles. The van der Waals surface area contributed by atoms with Crippen molar-refractivity contribution in [2.24, 2.45) is 0 Å². The highest BCUT2D eigenvalue weighted by molar-refractivity contribution is 5.99. The van der Waals surface area contributed by atoms with E-state index in [-0.39, 0.29) is 5.78 Å². The van der Waals surface area contributed by atoms with Crippen LogP contribution in [0.15, 0.2) is 18.2 Å². The second kappa shape index (κ2) is 4.82. The number of carbonyl (C=O) groups excluding carboxylic acids is 1. The van der Waals surface area contributed by atoms with Crippen LogP contribution in [-0.2, 0) is 0 Å². The summed E-state index contributed by atoms with van der Waals surface area (Å²) >= 11 is 0. The first-order chi connectivity index (χ1) is 7.10. The Morgan fingerprint density at radius 1 is 1.33 bits per heavy atom. The van der Waals surface area contributed by atoms with Crippen molar-refractivity contribution in [3.63, 3.8) is 0 Å². The van der Waals surface area contributed by atoms with Crippen LogP contribution in [0.3, 0.4) is 0 Å². The van der Waals surface area contributed by atoms with Crippen LogP contribution in [0.5, 0.6) is 0 Å². The lowest BCUT2D eigenvalue weighted by molar-refractivity contribution is 0.101. The van der Waals surface area contributed by atoms with Gasteiger partial charge in [-0.2, -0.15) is 0 Å². The highest BCUT2D eigenvalue weighted by Crippen LogP contribution is 2.21. The number of hydrogen-bond acceptors (Lipinski definition) is 3. The van der Waals surface area contributed by atoms with Crippen molar-refractivity contribution in [2.45, 2.75) is 20.8 Å². The van der Waals surface area contributed by atoms with E-state index in [1.165, 1.54) is 6.92 Å². The fourth-order valence-electron chi connectivity index (χ4n) is 1.66. The Bertz CT molecular complexity index is 357. The Labute approximate surface area is 90.9 Å². The minimum Gasteiger partial charge on any atom is -0.398 e. The molecule has 0 aliphatic heterocycles. The van der Waals surface area contributed by atoms with Crippen LogP contribution < -0.4 is 10.6 Å². The molecule has 0 spiro atoms. The molecule has 2 N–H and O–H groups in total. The van der Waals surface area contributed by atoms with E-state index in [4.69, 9.17) is 5.73 Å². The quantitative estimate of drug-likeness (QED) is 0.607. The Hall–Kier alpha value is -1.51. The van der Waals surface area contributed by atoms with Gasteiger partial charge in [0.1, 0.15) is 0 Å². The molecule has 1 rings (SSSR count). The highest BCUT2D eigenvalue weighted by Gasteiger charge is 2.07. The van der Waals surface area contributed by atoms with E-state index in [9.17, 15) is 4.79 Å².